The topological polar surface area (TPSA) is 52.9 Å². The van der Waals surface area contributed by atoms with Crippen molar-refractivity contribution in [3.05, 3.63) is 75.4 Å². The van der Waals surface area contributed by atoms with Crippen LogP contribution < -0.4 is 5.32 Å². The third kappa shape index (κ3) is 5.84. The van der Waals surface area contributed by atoms with Crippen molar-refractivity contribution in [2.24, 2.45) is 0 Å². The van der Waals surface area contributed by atoms with E-state index in [1.165, 1.54) is 17.7 Å². The number of hydrogen-bond acceptors (Lipinski definition) is 3. The molecule has 4 nitrogen and oxygen atoms in total. The van der Waals surface area contributed by atoms with E-state index in [2.05, 4.69) is 32.7 Å². The van der Waals surface area contributed by atoms with E-state index in [4.69, 9.17) is 21.7 Å². The average molecular weight is 464 g/mol. The fourth-order valence-corrected chi connectivity index (χ4v) is 3.81. The molecule has 28 heavy (non-hydrogen) atoms. The van der Waals surface area contributed by atoms with E-state index in [9.17, 15) is 0 Å². The lowest BCUT2D eigenvalue weighted by Crippen LogP contribution is -2.76. The van der Waals surface area contributed by atoms with Gasteiger partial charge in [-0.1, -0.05) is 46.2 Å². The molecular formula is C22H26BrClN3O+. The zero-order valence-corrected chi connectivity index (χ0v) is 18.2. The van der Waals surface area contributed by atoms with Crippen LogP contribution in [-0.2, 0) is 11.3 Å². The Morgan fingerprint density at radius 1 is 1.25 bits per heavy atom. The van der Waals surface area contributed by atoms with Gasteiger partial charge in [-0.3, -0.25) is 5.41 Å². The molecule has 0 amide bonds. The van der Waals surface area contributed by atoms with Crippen LogP contribution in [0.1, 0.15) is 30.4 Å². The van der Waals surface area contributed by atoms with Crippen molar-refractivity contribution in [2.45, 2.75) is 25.8 Å². The summed E-state index contributed by atoms with van der Waals surface area (Å²) in [5, 5.41) is 11.3. The summed E-state index contributed by atoms with van der Waals surface area (Å²) in [5.74, 6) is 0.212. The SMILES string of the molecule is C=C1CCCN1CCCOC(=N)c1cc(Br)ccc1[NH2+]Cc1ccc(Cl)cc1. The summed E-state index contributed by atoms with van der Waals surface area (Å²) < 4.78 is 6.69. The first-order chi connectivity index (χ1) is 13.5. The quantitative estimate of drug-likeness (QED) is 0.255. The zero-order valence-electron chi connectivity index (χ0n) is 15.9. The lowest BCUT2D eigenvalue weighted by molar-refractivity contribution is -0.588. The van der Waals surface area contributed by atoms with Crippen molar-refractivity contribution in [1.29, 1.82) is 5.41 Å². The molecule has 1 fully saturated rings. The fourth-order valence-electron chi connectivity index (χ4n) is 3.32. The molecule has 3 N–H and O–H groups in total. The second kappa shape index (κ2) is 10.1. The predicted octanol–water partition coefficient (Wildman–Crippen LogP) is 4.84. The third-order valence-electron chi connectivity index (χ3n) is 4.89. The number of hydrogen-bond donors (Lipinski definition) is 2. The van der Waals surface area contributed by atoms with Crippen molar-refractivity contribution in [3.8, 4) is 0 Å². The number of allylic oxidation sites excluding steroid dienone is 1. The minimum absolute atomic E-state index is 0.212. The molecule has 1 aliphatic heterocycles. The van der Waals surface area contributed by atoms with Crippen molar-refractivity contribution in [2.75, 3.05) is 19.7 Å². The van der Waals surface area contributed by atoms with Gasteiger partial charge in [0.25, 0.3) is 0 Å². The molecule has 1 aliphatic rings. The molecule has 0 saturated carbocycles. The van der Waals surface area contributed by atoms with E-state index in [1.54, 1.807) is 0 Å². The van der Waals surface area contributed by atoms with Gasteiger partial charge < -0.3 is 15.0 Å². The Balaban J connectivity index is 1.55. The standard InChI is InChI=1S/C22H25BrClN3O/c1-16-4-2-11-27(16)12-3-13-28-22(25)20-14-18(23)7-10-21(20)26-15-17-5-8-19(24)9-6-17/h5-10,14,25-26H,1-4,11-13,15H2/p+1. The third-order valence-corrected chi connectivity index (χ3v) is 5.64. The van der Waals surface area contributed by atoms with Crippen molar-refractivity contribution >= 4 is 39.1 Å². The van der Waals surface area contributed by atoms with E-state index in [0.717, 1.165) is 53.2 Å². The molecular weight excluding hydrogens is 438 g/mol. The highest BCUT2D eigenvalue weighted by molar-refractivity contribution is 9.10. The van der Waals surface area contributed by atoms with Gasteiger partial charge in [-0.05, 0) is 43.5 Å². The van der Waals surface area contributed by atoms with Gasteiger partial charge in [0.1, 0.15) is 12.2 Å². The first-order valence-electron chi connectivity index (χ1n) is 9.54. The highest BCUT2D eigenvalue weighted by Gasteiger charge is 2.16. The Hall–Kier alpha value is -1.82. The fraction of sp³-hybridized carbons (Fsp3) is 0.318. The molecule has 1 heterocycles. The van der Waals surface area contributed by atoms with Crippen LogP contribution in [0, 0.1) is 5.41 Å². The van der Waals surface area contributed by atoms with Gasteiger partial charge in [0.05, 0.1) is 12.2 Å². The molecule has 148 valence electrons. The van der Waals surface area contributed by atoms with Crippen LogP contribution in [0.3, 0.4) is 0 Å². The molecule has 1 saturated heterocycles. The molecule has 0 atom stereocenters. The summed E-state index contributed by atoms with van der Waals surface area (Å²) in [4.78, 5) is 2.32. The first kappa shape index (κ1) is 20.9. The maximum atomic E-state index is 8.39. The Morgan fingerprint density at radius 3 is 2.75 bits per heavy atom. The maximum Gasteiger partial charge on any atom is 0.219 e. The molecule has 2 aromatic carbocycles. The second-order valence-corrected chi connectivity index (χ2v) is 8.31. The Kier molecular flexibility index (Phi) is 7.54. The summed E-state index contributed by atoms with van der Waals surface area (Å²) >= 11 is 9.46. The average Bonchev–Trinajstić information content (AvgIpc) is 3.10. The molecule has 6 heteroatoms. The normalized spacial score (nSPS) is 13.8. The van der Waals surface area contributed by atoms with Crippen LogP contribution in [0.5, 0.6) is 0 Å². The summed E-state index contributed by atoms with van der Waals surface area (Å²) in [6.07, 6.45) is 3.18. The van der Waals surface area contributed by atoms with Gasteiger partial charge in [-0.15, -0.1) is 0 Å². The molecule has 3 rings (SSSR count). The van der Waals surface area contributed by atoms with Crippen LogP contribution in [0.4, 0.5) is 5.69 Å². The maximum absolute atomic E-state index is 8.39. The Morgan fingerprint density at radius 2 is 2.04 bits per heavy atom. The largest absolute Gasteiger partial charge is 0.477 e. The Bertz CT molecular complexity index is 838. The van der Waals surface area contributed by atoms with Gasteiger partial charge in [-0.2, -0.15) is 0 Å². The minimum Gasteiger partial charge on any atom is -0.477 e. The molecule has 0 aromatic heterocycles. The molecule has 0 spiro atoms. The van der Waals surface area contributed by atoms with Crippen LogP contribution in [-0.4, -0.2) is 30.5 Å². The highest BCUT2D eigenvalue weighted by atomic mass is 79.9. The van der Waals surface area contributed by atoms with E-state index < -0.39 is 0 Å². The van der Waals surface area contributed by atoms with Crippen LogP contribution in [0.15, 0.2) is 59.2 Å². The monoisotopic (exact) mass is 462 g/mol. The summed E-state index contributed by atoms with van der Waals surface area (Å²) in [5.41, 5.74) is 4.20. The summed E-state index contributed by atoms with van der Waals surface area (Å²) in [7, 11) is 0. The molecule has 0 bridgehead atoms. The van der Waals surface area contributed by atoms with Gasteiger partial charge in [0.2, 0.25) is 5.90 Å². The number of nitrogens with zero attached hydrogens (tertiary/aromatic N) is 1. The van der Waals surface area contributed by atoms with Crippen molar-refractivity contribution in [3.63, 3.8) is 0 Å². The van der Waals surface area contributed by atoms with Gasteiger partial charge in [0, 0.05) is 39.9 Å². The molecule has 2 aromatic rings. The number of nitrogens with two attached hydrogens (primary N) is 1. The van der Waals surface area contributed by atoms with E-state index >= 15 is 0 Å². The van der Waals surface area contributed by atoms with E-state index in [0.29, 0.717) is 6.61 Å². The minimum atomic E-state index is 0.212. The summed E-state index contributed by atoms with van der Waals surface area (Å²) in [6, 6.07) is 13.8. The van der Waals surface area contributed by atoms with Crippen molar-refractivity contribution < 1.29 is 10.1 Å². The number of likely N-dealkylation sites (tertiary alicyclic amines) is 1. The van der Waals surface area contributed by atoms with Crippen LogP contribution >= 0.6 is 27.5 Å². The van der Waals surface area contributed by atoms with Gasteiger partial charge >= 0.3 is 0 Å². The van der Waals surface area contributed by atoms with Gasteiger partial charge in [-0.25, -0.2) is 0 Å². The van der Waals surface area contributed by atoms with Crippen molar-refractivity contribution in [1.82, 2.24) is 4.90 Å². The summed E-state index contributed by atoms with van der Waals surface area (Å²) in [6.45, 7) is 7.44. The molecule has 0 radical (unpaired) electrons. The first-order valence-corrected chi connectivity index (χ1v) is 10.7. The predicted molar refractivity (Wildman–Crippen MR) is 118 cm³/mol. The number of benzene rings is 2. The molecule has 0 unspecified atom stereocenters. The van der Waals surface area contributed by atoms with Crippen LogP contribution in [0.25, 0.3) is 0 Å². The van der Waals surface area contributed by atoms with Gasteiger partial charge in [0.15, 0.2) is 0 Å². The second-order valence-electron chi connectivity index (χ2n) is 6.95. The number of quaternary nitrogens is 1. The molecule has 0 aliphatic carbocycles. The zero-order chi connectivity index (χ0) is 19.9. The lowest BCUT2D eigenvalue weighted by atomic mass is 10.1. The van der Waals surface area contributed by atoms with E-state index in [1.807, 2.05) is 42.5 Å². The number of rotatable bonds is 8. The number of halogens is 2. The van der Waals surface area contributed by atoms with Crippen LogP contribution in [0.2, 0.25) is 5.02 Å². The highest BCUT2D eigenvalue weighted by Crippen LogP contribution is 2.20. The smallest absolute Gasteiger partial charge is 0.219 e. The lowest BCUT2D eigenvalue weighted by Gasteiger charge is -2.19. The number of nitrogens with one attached hydrogen (secondary N) is 1. The Labute approximate surface area is 180 Å². The number of ether oxygens (including phenoxy) is 1. The van der Waals surface area contributed by atoms with E-state index in [-0.39, 0.29) is 5.90 Å².